The molecule has 1 fully saturated rings. The van der Waals surface area contributed by atoms with Crippen LogP contribution in [0.2, 0.25) is 0 Å². The highest BCUT2D eigenvalue weighted by Gasteiger charge is 2.33. The Balaban J connectivity index is 1.91. The summed E-state index contributed by atoms with van der Waals surface area (Å²) in [5.41, 5.74) is 4.36. The van der Waals surface area contributed by atoms with Gasteiger partial charge in [-0.05, 0) is 48.9 Å². The Hall–Kier alpha value is -1.68. The van der Waals surface area contributed by atoms with E-state index in [0.29, 0.717) is 16.6 Å². The number of fused-ring (bicyclic) bond motifs is 3. The summed E-state index contributed by atoms with van der Waals surface area (Å²) in [6.07, 6.45) is 7.36. The van der Waals surface area contributed by atoms with Gasteiger partial charge in [0.05, 0.1) is 5.69 Å². The van der Waals surface area contributed by atoms with Crippen LogP contribution in [0.3, 0.4) is 0 Å². The Labute approximate surface area is 134 Å². The zero-order valence-electron chi connectivity index (χ0n) is 12.5. The van der Waals surface area contributed by atoms with Gasteiger partial charge in [0.1, 0.15) is 0 Å². The zero-order valence-corrected chi connectivity index (χ0v) is 13.3. The van der Waals surface area contributed by atoms with E-state index in [9.17, 15) is 4.79 Å². The van der Waals surface area contributed by atoms with Gasteiger partial charge < -0.3 is 4.98 Å². The van der Waals surface area contributed by atoms with Crippen molar-refractivity contribution in [3.05, 3.63) is 50.5 Å². The molecule has 2 aliphatic rings. The van der Waals surface area contributed by atoms with E-state index < -0.39 is 0 Å². The van der Waals surface area contributed by atoms with Crippen molar-refractivity contribution in [2.75, 3.05) is 0 Å². The molecule has 1 atom stereocenters. The van der Waals surface area contributed by atoms with Gasteiger partial charge in [-0.2, -0.15) is 0 Å². The minimum atomic E-state index is 0.00354. The molecule has 2 aromatic rings. The first-order valence-corrected chi connectivity index (χ1v) is 8.59. The maximum absolute atomic E-state index is 12.6. The molecule has 1 saturated carbocycles. The molecule has 1 aromatic heterocycles. The molecule has 22 heavy (non-hydrogen) atoms. The predicted molar refractivity (Wildman–Crippen MR) is 90.7 cm³/mol. The van der Waals surface area contributed by atoms with Gasteiger partial charge in [0.25, 0.3) is 5.56 Å². The van der Waals surface area contributed by atoms with Crippen molar-refractivity contribution in [3.63, 3.8) is 0 Å². The van der Waals surface area contributed by atoms with Gasteiger partial charge in [0.2, 0.25) is 0 Å². The lowest BCUT2D eigenvalue weighted by atomic mass is 9.70. The van der Waals surface area contributed by atoms with Gasteiger partial charge >= 0.3 is 0 Å². The van der Waals surface area contributed by atoms with Crippen LogP contribution in [0.1, 0.15) is 49.1 Å². The summed E-state index contributed by atoms with van der Waals surface area (Å²) >= 11 is 5.20. The molecule has 0 saturated heterocycles. The van der Waals surface area contributed by atoms with E-state index >= 15 is 0 Å². The third kappa shape index (κ3) is 2.26. The van der Waals surface area contributed by atoms with E-state index in [1.54, 1.807) is 0 Å². The quantitative estimate of drug-likeness (QED) is 0.770. The largest absolute Gasteiger partial charge is 0.331 e. The highest BCUT2D eigenvalue weighted by atomic mass is 32.1. The first kappa shape index (κ1) is 13.9. The number of hydrogen-bond donors (Lipinski definition) is 2. The molecule has 114 valence electrons. The van der Waals surface area contributed by atoms with E-state index in [0.717, 1.165) is 23.2 Å². The molecule has 0 aliphatic heterocycles. The summed E-state index contributed by atoms with van der Waals surface area (Å²) in [5.74, 6) is 0.937. The van der Waals surface area contributed by atoms with Crippen LogP contribution >= 0.6 is 12.2 Å². The van der Waals surface area contributed by atoms with Gasteiger partial charge in [0.15, 0.2) is 4.77 Å². The first-order valence-electron chi connectivity index (χ1n) is 8.19. The smallest absolute Gasteiger partial charge is 0.255 e. The fourth-order valence-corrected chi connectivity index (χ4v) is 4.48. The van der Waals surface area contributed by atoms with Gasteiger partial charge in [-0.1, -0.05) is 43.5 Å². The molecule has 0 unspecified atom stereocenters. The Morgan fingerprint density at radius 3 is 2.64 bits per heavy atom. The SMILES string of the molecule is O=c1[nH]c(=S)[nH]c2c1[C@@H](C1CCCCC1)Cc1ccccc1-2. The molecule has 1 heterocycles. The van der Waals surface area contributed by atoms with E-state index in [-0.39, 0.29) is 5.56 Å². The molecule has 1 aromatic carbocycles. The third-order valence-corrected chi connectivity index (χ3v) is 5.50. The molecule has 0 spiro atoms. The summed E-state index contributed by atoms with van der Waals surface area (Å²) < 4.78 is 0.419. The second-order valence-electron chi connectivity index (χ2n) is 6.56. The Kier molecular flexibility index (Phi) is 3.49. The average molecular weight is 312 g/mol. The molecule has 4 heteroatoms. The van der Waals surface area contributed by atoms with Crippen molar-refractivity contribution >= 4 is 12.2 Å². The Bertz CT molecular complexity index is 814. The molecular weight excluding hydrogens is 292 g/mol. The van der Waals surface area contributed by atoms with Crippen LogP contribution in [0.25, 0.3) is 11.3 Å². The lowest BCUT2D eigenvalue weighted by molar-refractivity contribution is 0.300. The highest BCUT2D eigenvalue weighted by molar-refractivity contribution is 7.71. The molecule has 2 aliphatic carbocycles. The lowest BCUT2D eigenvalue weighted by Crippen LogP contribution is -2.29. The van der Waals surface area contributed by atoms with E-state index in [4.69, 9.17) is 12.2 Å². The maximum atomic E-state index is 12.6. The lowest BCUT2D eigenvalue weighted by Gasteiger charge is -2.34. The molecule has 4 rings (SSSR count). The fourth-order valence-electron chi connectivity index (χ4n) is 4.28. The van der Waals surface area contributed by atoms with Crippen LogP contribution in [0.4, 0.5) is 0 Å². The number of aromatic nitrogens is 2. The van der Waals surface area contributed by atoms with Crippen LogP contribution in [0.15, 0.2) is 29.1 Å². The zero-order chi connectivity index (χ0) is 15.1. The maximum Gasteiger partial charge on any atom is 0.255 e. The average Bonchev–Trinajstić information content (AvgIpc) is 2.54. The van der Waals surface area contributed by atoms with Gasteiger partial charge in [-0.25, -0.2) is 0 Å². The molecule has 0 amide bonds. The standard InChI is InChI=1S/C18H20N2OS/c21-17-15-14(11-6-2-1-3-7-11)10-12-8-4-5-9-13(12)16(15)19-18(22)20-17/h4-5,8-9,11,14H,1-3,6-7,10H2,(H2,19,20,21,22)/t14-/m1/s1. The molecular formula is C18H20N2OS. The second kappa shape index (κ2) is 5.51. The summed E-state index contributed by atoms with van der Waals surface area (Å²) in [5, 5.41) is 0. The number of aromatic amines is 2. The van der Waals surface area contributed by atoms with E-state index in [1.165, 1.54) is 37.7 Å². The molecule has 0 bridgehead atoms. The monoisotopic (exact) mass is 312 g/mol. The predicted octanol–water partition coefficient (Wildman–Crippen LogP) is 4.32. The highest BCUT2D eigenvalue weighted by Crippen LogP contribution is 2.44. The summed E-state index contributed by atoms with van der Waals surface area (Å²) in [6.45, 7) is 0. The van der Waals surface area contributed by atoms with Gasteiger partial charge in [-0.15, -0.1) is 0 Å². The van der Waals surface area contributed by atoms with E-state index in [1.807, 2.05) is 6.07 Å². The van der Waals surface area contributed by atoms with Crippen molar-refractivity contribution in [2.24, 2.45) is 5.92 Å². The third-order valence-electron chi connectivity index (χ3n) is 5.30. The van der Waals surface area contributed by atoms with Crippen LogP contribution in [0, 0.1) is 10.7 Å². The normalized spacial score (nSPS) is 21.2. The minimum absolute atomic E-state index is 0.00354. The van der Waals surface area contributed by atoms with Crippen LogP contribution < -0.4 is 5.56 Å². The van der Waals surface area contributed by atoms with Crippen molar-refractivity contribution in [3.8, 4) is 11.3 Å². The van der Waals surface area contributed by atoms with Gasteiger partial charge in [0, 0.05) is 11.1 Å². The summed E-state index contributed by atoms with van der Waals surface area (Å²) in [7, 11) is 0. The summed E-state index contributed by atoms with van der Waals surface area (Å²) in [6, 6.07) is 8.40. The number of nitrogens with one attached hydrogen (secondary N) is 2. The number of benzene rings is 1. The number of hydrogen-bond acceptors (Lipinski definition) is 2. The molecule has 2 N–H and O–H groups in total. The van der Waals surface area contributed by atoms with Crippen molar-refractivity contribution in [1.82, 2.24) is 9.97 Å². The van der Waals surface area contributed by atoms with Crippen molar-refractivity contribution in [2.45, 2.75) is 44.4 Å². The second-order valence-corrected chi connectivity index (χ2v) is 6.97. The van der Waals surface area contributed by atoms with Crippen molar-refractivity contribution < 1.29 is 0 Å². The first-order chi connectivity index (χ1) is 10.7. The van der Waals surface area contributed by atoms with Crippen LogP contribution in [-0.4, -0.2) is 9.97 Å². The van der Waals surface area contributed by atoms with E-state index in [2.05, 4.69) is 28.2 Å². The molecule has 0 radical (unpaired) electrons. The Morgan fingerprint density at radius 1 is 1.05 bits per heavy atom. The van der Waals surface area contributed by atoms with Gasteiger partial charge in [-0.3, -0.25) is 9.78 Å². The number of rotatable bonds is 1. The van der Waals surface area contributed by atoms with Crippen molar-refractivity contribution in [1.29, 1.82) is 0 Å². The number of H-pyrrole nitrogens is 2. The fraction of sp³-hybridized carbons (Fsp3) is 0.444. The summed E-state index contributed by atoms with van der Waals surface area (Å²) in [4.78, 5) is 18.7. The Morgan fingerprint density at radius 2 is 1.82 bits per heavy atom. The topological polar surface area (TPSA) is 48.6 Å². The minimum Gasteiger partial charge on any atom is -0.331 e. The molecule has 3 nitrogen and oxygen atoms in total. The van der Waals surface area contributed by atoms with Crippen LogP contribution in [-0.2, 0) is 6.42 Å². The van der Waals surface area contributed by atoms with Crippen LogP contribution in [0.5, 0.6) is 0 Å².